The highest BCUT2D eigenvalue weighted by atomic mass is 35.5. The van der Waals surface area contributed by atoms with Gasteiger partial charge in [-0.3, -0.25) is 4.79 Å². The highest BCUT2D eigenvalue weighted by molar-refractivity contribution is 6.30. The fourth-order valence-electron chi connectivity index (χ4n) is 3.09. The summed E-state index contributed by atoms with van der Waals surface area (Å²) in [5, 5.41) is 17.5. The van der Waals surface area contributed by atoms with Crippen LogP contribution in [-0.4, -0.2) is 46.1 Å². The van der Waals surface area contributed by atoms with Crippen molar-refractivity contribution in [2.24, 2.45) is 5.41 Å². The summed E-state index contributed by atoms with van der Waals surface area (Å²) < 4.78 is 7.58. The number of aliphatic hydroxyl groups is 1. The number of ether oxygens (including phenoxy) is 1. The summed E-state index contributed by atoms with van der Waals surface area (Å²) in [6.07, 6.45) is 5.55. The molecule has 2 N–H and O–H groups in total. The van der Waals surface area contributed by atoms with E-state index in [1.165, 1.54) is 0 Å². The van der Waals surface area contributed by atoms with Gasteiger partial charge in [0.25, 0.3) is 6.47 Å². The maximum absolute atomic E-state index is 9.89. The highest BCUT2D eigenvalue weighted by Gasteiger charge is 2.33. The second kappa shape index (κ2) is 8.99. The molecule has 25 heavy (non-hydrogen) atoms. The van der Waals surface area contributed by atoms with E-state index in [0.717, 1.165) is 41.4 Å². The summed E-state index contributed by atoms with van der Waals surface area (Å²) in [5.74, 6) is 0.925. The van der Waals surface area contributed by atoms with Crippen LogP contribution in [0.3, 0.4) is 0 Å². The third kappa shape index (κ3) is 4.81. The number of rotatable bonds is 4. The first-order valence-electron chi connectivity index (χ1n) is 8.09. The maximum atomic E-state index is 9.89. The van der Waals surface area contributed by atoms with Crippen molar-refractivity contribution in [1.29, 1.82) is 0 Å². The molecule has 0 aliphatic carbocycles. The lowest BCUT2D eigenvalue weighted by molar-refractivity contribution is -0.122. The van der Waals surface area contributed by atoms with Gasteiger partial charge in [0, 0.05) is 48.2 Å². The van der Waals surface area contributed by atoms with Crippen LogP contribution in [0.2, 0.25) is 5.02 Å². The van der Waals surface area contributed by atoms with Crippen molar-refractivity contribution in [3.8, 4) is 11.4 Å². The van der Waals surface area contributed by atoms with Crippen LogP contribution in [0.15, 0.2) is 30.6 Å². The fraction of sp³-hybridized carbons (Fsp3) is 0.444. The fourth-order valence-corrected chi connectivity index (χ4v) is 3.32. The Balaban J connectivity index is 0.000000701. The summed E-state index contributed by atoms with van der Waals surface area (Å²) in [5.41, 5.74) is 2.06. The van der Waals surface area contributed by atoms with Crippen molar-refractivity contribution in [3.63, 3.8) is 0 Å². The summed E-state index contributed by atoms with van der Waals surface area (Å²) in [6, 6.07) is 5.84. The van der Waals surface area contributed by atoms with Crippen LogP contribution in [0.4, 0.5) is 0 Å². The number of nitrogens with zero attached hydrogens (tertiary/aromatic N) is 2. The normalized spacial score (nSPS) is 16.0. The van der Waals surface area contributed by atoms with E-state index in [0.29, 0.717) is 13.2 Å². The Hall–Kier alpha value is -1.89. The van der Waals surface area contributed by atoms with Crippen LogP contribution < -0.4 is 0 Å². The van der Waals surface area contributed by atoms with Crippen LogP contribution in [0.5, 0.6) is 0 Å². The first-order valence-corrected chi connectivity index (χ1v) is 8.47. The summed E-state index contributed by atoms with van der Waals surface area (Å²) in [7, 11) is 0. The molecule has 2 heterocycles. The van der Waals surface area contributed by atoms with Gasteiger partial charge in [-0.05, 0) is 43.5 Å². The third-order valence-corrected chi connectivity index (χ3v) is 4.77. The van der Waals surface area contributed by atoms with E-state index >= 15 is 0 Å². The highest BCUT2D eigenvalue weighted by Crippen LogP contribution is 2.34. The minimum Gasteiger partial charge on any atom is -0.483 e. The number of aromatic nitrogens is 2. The SMILES string of the molecule is Cc1cc(Cl)ccc1-c1nccn1CC1(CO)CCOCC1.O=CO. The first-order chi connectivity index (χ1) is 12.0. The van der Waals surface area contributed by atoms with Crippen molar-refractivity contribution in [1.82, 2.24) is 9.55 Å². The number of benzene rings is 1. The molecule has 3 rings (SSSR count). The van der Waals surface area contributed by atoms with E-state index in [1.807, 2.05) is 37.5 Å². The molecule has 1 aromatic heterocycles. The molecule has 2 aromatic rings. The van der Waals surface area contributed by atoms with Gasteiger partial charge in [-0.15, -0.1) is 0 Å². The molecule has 7 heteroatoms. The molecule has 6 nitrogen and oxygen atoms in total. The van der Waals surface area contributed by atoms with E-state index in [-0.39, 0.29) is 18.5 Å². The largest absolute Gasteiger partial charge is 0.483 e. The third-order valence-electron chi connectivity index (χ3n) is 4.54. The number of aliphatic hydroxyl groups excluding tert-OH is 1. The van der Waals surface area contributed by atoms with E-state index in [9.17, 15) is 5.11 Å². The molecule has 0 amide bonds. The maximum Gasteiger partial charge on any atom is 0.290 e. The Morgan fingerprint density at radius 1 is 1.40 bits per heavy atom. The van der Waals surface area contributed by atoms with Crippen molar-refractivity contribution in [2.75, 3.05) is 19.8 Å². The monoisotopic (exact) mass is 366 g/mol. The molecule has 136 valence electrons. The van der Waals surface area contributed by atoms with Crippen molar-refractivity contribution < 1.29 is 19.7 Å². The van der Waals surface area contributed by atoms with Gasteiger partial charge in [-0.2, -0.15) is 0 Å². The number of halogens is 1. The number of carboxylic acid groups (broad SMARTS) is 1. The number of imidazole rings is 1. The number of carbonyl (C=O) groups is 1. The molecule has 0 unspecified atom stereocenters. The predicted octanol–water partition coefficient (Wildman–Crippen LogP) is 3.00. The van der Waals surface area contributed by atoms with Crippen LogP contribution in [0, 0.1) is 12.3 Å². The lowest BCUT2D eigenvalue weighted by Crippen LogP contribution is -2.37. The number of hydrogen-bond acceptors (Lipinski definition) is 4. The minimum atomic E-state index is -0.250. The molecule has 1 aromatic carbocycles. The lowest BCUT2D eigenvalue weighted by Gasteiger charge is -2.36. The summed E-state index contributed by atoms with van der Waals surface area (Å²) >= 11 is 6.04. The predicted molar refractivity (Wildman–Crippen MR) is 95.7 cm³/mol. The Morgan fingerprint density at radius 3 is 2.68 bits per heavy atom. The van der Waals surface area contributed by atoms with Crippen LogP contribution in [0.25, 0.3) is 11.4 Å². The average Bonchev–Trinajstić information content (AvgIpc) is 3.04. The first kappa shape index (κ1) is 19.4. The molecular weight excluding hydrogens is 344 g/mol. The topological polar surface area (TPSA) is 84.6 Å². The van der Waals surface area contributed by atoms with Gasteiger partial charge < -0.3 is 19.5 Å². The number of hydrogen-bond donors (Lipinski definition) is 2. The zero-order valence-corrected chi connectivity index (χ0v) is 14.9. The molecule has 0 radical (unpaired) electrons. The van der Waals surface area contributed by atoms with Gasteiger partial charge in [-0.25, -0.2) is 4.98 Å². The standard InChI is InChI=1S/C17H21ClN2O2.CH2O2/c1-13-10-14(18)2-3-15(13)16-19-6-7-20(16)11-17(12-21)4-8-22-9-5-17;2-1-3/h2-3,6-7,10,21H,4-5,8-9,11-12H2,1H3;1H,(H,2,3). The van der Waals surface area contributed by atoms with Gasteiger partial charge in [-0.1, -0.05) is 11.6 Å². The van der Waals surface area contributed by atoms with Crippen molar-refractivity contribution >= 4 is 18.1 Å². The Bertz CT molecular complexity index is 696. The molecule has 0 saturated carbocycles. The van der Waals surface area contributed by atoms with E-state index in [2.05, 4.69) is 9.55 Å². The van der Waals surface area contributed by atoms with Crippen LogP contribution >= 0.6 is 11.6 Å². The quantitative estimate of drug-likeness (QED) is 0.812. The molecule has 0 atom stereocenters. The molecule has 1 saturated heterocycles. The molecule has 1 aliphatic rings. The van der Waals surface area contributed by atoms with Crippen LogP contribution in [-0.2, 0) is 16.1 Å². The molecule has 1 fully saturated rings. The zero-order chi connectivity index (χ0) is 18.3. The van der Waals surface area contributed by atoms with Gasteiger partial charge in [0.2, 0.25) is 0 Å². The van der Waals surface area contributed by atoms with Gasteiger partial charge >= 0.3 is 0 Å². The Kier molecular flexibility index (Phi) is 6.99. The average molecular weight is 367 g/mol. The van der Waals surface area contributed by atoms with Gasteiger partial charge in [0.05, 0.1) is 6.61 Å². The minimum absolute atomic E-state index is 0.117. The van der Waals surface area contributed by atoms with Crippen LogP contribution in [0.1, 0.15) is 18.4 Å². The Morgan fingerprint density at radius 2 is 2.08 bits per heavy atom. The van der Waals surface area contributed by atoms with E-state index in [4.69, 9.17) is 26.2 Å². The summed E-state index contributed by atoms with van der Waals surface area (Å²) in [4.78, 5) is 12.9. The van der Waals surface area contributed by atoms with Gasteiger partial charge in [0.1, 0.15) is 5.82 Å². The molecule has 1 aliphatic heterocycles. The number of aryl methyl sites for hydroxylation is 1. The zero-order valence-electron chi connectivity index (χ0n) is 14.2. The second-order valence-electron chi connectivity index (χ2n) is 6.21. The lowest BCUT2D eigenvalue weighted by atomic mass is 9.81. The molecular formula is C18H23ClN2O4. The van der Waals surface area contributed by atoms with Gasteiger partial charge in [0.15, 0.2) is 0 Å². The van der Waals surface area contributed by atoms with Crippen molar-refractivity contribution in [2.45, 2.75) is 26.3 Å². The van der Waals surface area contributed by atoms with Crippen molar-refractivity contribution in [3.05, 3.63) is 41.2 Å². The van der Waals surface area contributed by atoms with E-state index in [1.54, 1.807) is 0 Å². The van der Waals surface area contributed by atoms with E-state index < -0.39 is 0 Å². The Labute approximate surface area is 152 Å². The molecule has 0 spiro atoms. The molecule has 0 bridgehead atoms. The smallest absolute Gasteiger partial charge is 0.290 e. The second-order valence-corrected chi connectivity index (χ2v) is 6.65. The summed E-state index contributed by atoms with van der Waals surface area (Å²) in [6.45, 7) is 4.14.